The van der Waals surface area contributed by atoms with Gasteiger partial charge in [-0.3, -0.25) is 4.90 Å². The lowest BCUT2D eigenvalue weighted by Crippen LogP contribution is -2.44. The van der Waals surface area contributed by atoms with Crippen LogP contribution in [0.1, 0.15) is 42.9 Å². The summed E-state index contributed by atoms with van der Waals surface area (Å²) in [4.78, 5) is 10.9. The van der Waals surface area contributed by atoms with E-state index in [0.29, 0.717) is 17.0 Å². The molecular formula is C27H27F3N4O3S2. The van der Waals surface area contributed by atoms with Gasteiger partial charge >= 0.3 is 6.18 Å². The van der Waals surface area contributed by atoms with Crippen LogP contribution in [0.5, 0.6) is 0 Å². The highest BCUT2D eigenvalue weighted by atomic mass is 32.2. The minimum absolute atomic E-state index is 0.0656. The summed E-state index contributed by atoms with van der Waals surface area (Å²) in [7, 11) is -4.04. The molecule has 7 nitrogen and oxygen atoms in total. The molecular weight excluding hydrogens is 549 g/mol. The Kier molecular flexibility index (Phi) is 6.98. The Labute approximate surface area is 228 Å². The minimum Gasteiger partial charge on any atom is -0.379 e. The normalized spacial score (nSPS) is 21.4. The lowest BCUT2D eigenvalue weighted by molar-refractivity contribution is -0.140. The molecule has 1 aromatic carbocycles. The zero-order chi connectivity index (χ0) is 27.2. The number of benzene rings is 1. The Morgan fingerprint density at radius 2 is 1.74 bits per heavy atom. The second kappa shape index (κ2) is 10.3. The van der Waals surface area contributed by atoms with Crippen LogP contribution in [0.4, 0.5) is 13.2 Å². The smallest absolute Gasteiger partial charge is 0.379 e. The molecule has 1 aliphatic carbocycles. The van der Waals surface area contributed by atoms with Crippen molar-refractivity contribution in [1.29, 1.82) is 0 Å². The van der Waals surface area contributed by atoms with Gasteiger partial charge in [0.05, 0.1) is 18.1 Å². The van der Waals surface area contributed by atoms with Gasteiger partial charge in [0, 0.05) is 47.9 Å². The Bertz CT molecular complexity index is 1570. The first-order valence-corrected chi connectivity index (χ1v) is 15.2. The predicted octanol–water partition coefficient (Wildman–Crippen LogP) is 5.77. The number of hydrogen-bond donors (Lipinski definition) is 0. The Morgan fingerprint density at radius 1 is 1.03 bits per heavy atom. The van der Waals surface area contributed by atoms with Crippen LogP contribution >= 0.6 is 11.3 Å². The number of nitrogens with zero attached hydrogens (tertiary/aromatic N) is 4. The fourth-order valence-corrected chi connectivity index (χ4v) is 7.82. The number of pyridine rings is 1. The molecule has 39 heavy (non-hydrogen) atoms. The summed E-state index contributed by atoms with van der Waals surface area (Å²) in [5, 5.41) is 1.53. The van der Waals surface area contributed by atoms with Gasteiger partial charge in [0.25, 0.3) is 10.0 Å². The summed E-state index contributed by atoms with van der Waals surface area (Å²) >= 11 is 0.839. The van der Waals surface area contributed by atoms with Crippen LogP contribution in [-0.4, -0.2) is 59.6 Å². The van der Waals surface area contributed by atoms with E-state index in [2.05, 4.69) is 14.9 Å². The van der Waals surface area contributed by atoms with Crippen molar-refractivity contribution in [2.75, 3.05) is 26.3 Å². The van der Waals surface area contributed by atoms with Gasteiger partial charge in [-0.15, -0.1) is 11.3 Å². The van der Waals surface area contributed by atoms with E-state index in [-0.39, 0.29) is 21.5 Å². The molecule has 1 saturated carbocycles. The number of halogens is 3. The fourth-order valence-electron chi connectivity index (χ4n) is 5.62. The molecule has 0 spiro atoms. The monoisotopic (exact) mass is 576 g/mol. The number of aromatic nitrogens is 3. The first-order chi connectivity index (χ1) is 18.7. The van der Waals surface area contributed by atoms with Crippen molar-refractivity contribution < 1.29 is 26.3 Å². The average Bonchev–Trinajstić information content (AvgIpc) is 3.60. The molecule has 6 rings (SSSR count). The Balaban J connectivity index is 1.38. The van der Waals surface area contributed by atoms with Gasteiger partial charge in [0.1, 0.15) is 5.01 Å². The van der Waals surface area contributed by atoms with Crippen LogP contribution in [0, 0.1) is 0 Å². The number of ether oxygens (including phenoxy) is 1. The standard InChI is InChI=1S/C27H27F3N4O3S2/c28-27(29,30)24-17-38-26(32-24)23-16-34(39(35,36)21-4-2-1-3-5-21)25-22(23)14-19(15-31-25)18-6-8-20(9-7-18)33-10-12-37-13-11-33/h1-5,14-18,20H,6-13H2. The van der Waals surface area contributed by atoms with Crippen molar-refractivity contribution in [3.63, 3.8) is 0 Å². The number of hydrogen-bond acceptors (Lipinski definition) is 7. The Morgan fingerprint density at radius 3 is 2.41 bits per heavy atom. The van der Waals surface area contributed by atoms with E-state index >= 15 is 0 Å². The third kappa shape index (κ3) is 5.10. The van der Waals surface area contributed by atoms with Crippen molar-refractivity contribution >= 4 is 32.4 Å². The molecule has 12 heteroatoms. The van der Waals surface area contributed by atoms with Crippen molar-refractivity contribution in [2.24, 2.45) is 0 Å². The minimum atomic E-state index is -4.59. The molecule has 4 heterocycles. The number of rotatable bonds is 5. The summed E-state index contributed by atoms with van der Waals surface area (Å²) in [6.07, 6.45) is 2.47. The molecule has 0 unspecified atom stereocenters. The van der Waals surface area contributed by atoms with E-state index < -0.39 is 21.9 Å². The SMILES string of the molecule is O=S(=O)(c1ccccc1)n1cc(-c2nc(C(F)(F)F)cs2)c2cc(C3CCC(N4CCOCC4)CC3)cnc21. The van der Waals surface area contributed by atoms with Gasteiger partial charge in [-0.25, -0.2) is 22.4 Å². The topological polar surface area (TPSA) is 77.3 Å². The van der Waals surface area contributed by atoms with Gasteiger partial charge in [-0.1, -0.05) is 18.2 Å². The lowest BCUT2D eigenvalue weighted by Gasteiger charge is -2.38. The fraction of sp³-hybridized carbons (Fsp3) is 0.407. The molecule has 1 saturated heterocycles. The largest absolute Gasteiger partial charge is 0.434 e. The number of alkyl halides is 3. The molecule has 3 aromatic heterocycles. The highest BCUT2D eigenvalue weighted by molar-refractivity contribution is 7.90. The second-order valence-electron chi connectivity index (χ2n) is 9.99. The third-order valence-corrected chi connectivity index (χ3v) is 10.2. The maximum absolute atomic E-state index is 13.5. The van der Waals surface area contributed by atoms with Crippen LogP contribution < -0.4 is 0 Å². The van der Waals surface area contributed by atoms with Gasteiger partial charge in [0.2, 0.25) is 0 Å². The maximum Gasteiger partial charge on any atom is 0.434 e. The molecule has 0 radical (unpaired) electrons. The first kappa shape index (κ1) is 26.4. The van der Waals surface area contributed by atoms with Crippen LogP contribution in [0.15, 0.2) is 59.1 Å². The van der Waals surface area contributed by atoms with E-state index in [4.69, 9.17) is 4.74 Å². The first-order valence-electron chi connectivity index (χ1n) is 12.9. The van der Waals surface area contributed by atoms with Crippen molar-refractivity contribution in [3.05, 3.63) is 65.4 Å². The zero-order valence-corrected chi connectivity index (χ0v) is 22.6. The molecule has 0 amide bonds. The molecule has 0 atom stereocenters. The second-order valence-corrected chi connectivity index (χ2v) is 12.7. The van der Waals surface area contributed by atoms with Gasteiger partial charge in [-0.05, 0) is 55.4 Å². The van der Waals surface area contributed by atoms with Crippen LogP contribution in [-0.2, 0) is 20.9 Å². The summed E-state index contributed by atoms with van der Waals surface area (Å²) in [6, 6.07) is 10.3. The highest BCUT2D eigenvalue weighted by Crippen LogP contribution is 2.40. The predicted molar refractivity (Wildman–Crippen MR) is 142 cm³/mol. The average molecular weight is 577 g/mol. The summed E-state index contributed by atoms with van der Waals surface area (Å²) in [5.41, 5.74) is 0.455. The number of morpholine rings is 1. The maximum atomic E-state index is 13.5. The van der Waals surface area contributed by atoms with Crippen LogP contribution in [0.25, 0.3) is 21.6 Å². The van der Waals surface area contributed by atoms with E-state index in [1.54, 1.807) is 24.4 Å². The van der Waals surface area contributed by atoms with E-state index in [0.717, 1.165) is 78.2 Å². The molecule has 4 aromatic rings. The van der Waals surface area contributed by atoms with Gasteiger partial charge < -0.3 is 4.74 Å². The molecule has 2 fully saturated rings. The number of thiazole rings is 1. The lowest BCUT2D eigenvalue weighted by atomic mass is 9.81. The molecule has 0 N–H and O–H groups in total. The van der Waals surface area contributed by atoms with Crippen molar-refractivity contribution in [3.8, 4) is 10.6 Å². The van der Waals surface area contributed by atoms with Crippen molar-refractivity contribution in [1.82, 2.24) is 18.8 Å². The summed E-state index contributed by atoms with van der Waals surface area (Å²) in [6.45, 7) is 3.42. The number of fused-ring (bicyclic) bond motifs is 1. The van der Waals surface area contributed by atoms with Crippen molar-refractivity contribution in [2.45, 2.75) is 48.7 Å². The van der Waals surface area contributed by atoms with E-state index in [1.165, 1.54) is 18.3 Å². The van der Waals surface area contributed by atoms with E-state index in [9.17, 15) is 21.6 Å². The van der Waals surface area contributed by atoms with Crippen LogP contribution in [0.3, 0.4) is 0 Å². The molecule has 206 valence electrons. The molecule has 1 aliphatic heterocycles. The summed E-state index contributed by atoms with van der Waals surface area (Å²) in [5.74, 6) is 0.239. The third-order valence-electron chi connectivity index (χ3n) is 7.69. The van der Waals surface area contributed by atoms with E-state index in [1.807, 2.05) is 6.07 Å². The van der Waals surface area contributed by atoms with Crippen LogP contribution in [0.2, 0.25) is 0 Å². The zero-order valence-electron chi connectivity index (χ0n) is 21.0. The Hall–Kier alpha value is -2.80. The van der Waals surface area contributed by atoms with Gasteiger partial charge in [-0.2, -0.15) is 13.2 Å². The quantitative estimate of drug-likeness (QED) is 0.300. The molecule has 2 aliphatic rings. The highest BCUT2D eigenvalue weighted by Gasteiger charge is 2.35. The summed E-state index contributed by atoms with van der Waals surface area (Å²) < 4.78 is 73.6. The molecule has 0 bridgehead atoms. The van der Waals surface area contributed by atoms with Gasteiger partial charge in [0.15, 0.2) is 11.3 Å².